The number of anilines is 1. The number of aromatic nitrogens is 2. The molecule has 1 aromatic heterocycles. The first-order chi connectivity index (χ1) is 15.2. The van der Waals surface area contributed by atoms with Crippen molar-refractivity contribution in [3.63, 3.8) is 0 Å². The molecule has 3 rings (SSSR count). The van der Waals surface area contributed by atoms with Crippen LogP contribution in [0.15, 0.2) is 6.07 Å². The number of carbonyl (C=O) groups excluding carboxylic acids is 1. The predicted octanol–water partition coefficient (Wildman–Crippen LogP) is 2.90. The van der Waals surface area contributed by atoms with Crippen LogP contribution in [0, 0.1) is 5.92 Å². The molecule has 180 valence electrons. The van der Waals surface area contributed by atoms with Gasteiger partial charge in [0.2, 0.25) is 6.41 Å². The highest BCUT2D eigenvalue weighted by Gasteiger charge is 2.28. The van der Waals surface area contributed by atoms with E-state index in [-0.39, 0.29) is 5.41 Å². The van der Waals surface area contributed by atoms with Crippen molar-refractivity contribution in [3.8, 4) is 0 Å². The van der Waals surface area contributed by atoms with Gasteiger partial charge in [-0.3, -0.25) is 9.69 Å². The second-order valence-electron chi connectivity index (χ2n) is 11.0. The maximum Gasteiger partial charge on any atom is 0.207 e. The van der Waals surface area contributed by atoms with Crippen molar-refractivity contribution in [2.75, 3.05) is 31.1 Å². The van der Waals surface area contributed by atoms with Crippen LogP contribution >= 0.6 is 0 Å². The first kappa shape index (κ1) is 24.9. The molecule has 1 saturated carbocycles. The minimum Gasteiger partial charge on any atom is -0.393 e. The number of aliphatic hydroxyl groups is 1. The number of amides is 1. The summed E-state index contributed by atoms with van der Waals surface area (Å²) < 4.78 is 0. The van der Waals surface area contributed by atoms with Gasteiger partial charge in [0.1, 0.15) is 11.6 Å². The number of hydrogen-bond donors (Lipinski definition) is 2. The highest BCUT2D eigenvalue weighted by Crippen LogP contribution is 2.28. The number of hydrogen-bond acceptors (Lipinski definition) is 6. The Morgan fingerprint density at radius 2 is 1.94 bits per heavy atom. The lowest BCUT2D eigenvalue weighted by Gasteiger charge is -2.41. The maximum atomic E-state index is 10.6. The van der Waals surface area contributed by atoms with Crippen LogP contribution in [-0.4, -0.2) is 70.8 Å². The van der Waals surface area contributed by atoms with Crippen molar-refractivity contribution < 1.29 is 9.90 Å². The number of nitrogens with zero attached hydrogens (tertiary/aromatic N) is 4. The van der Waals surface area contributed by atoms with Gasteiger partial charge in [-0.05, 0) is 58.4 Å². The number of rotatable bonds is 8. The number of carbonyl (C=O) groups is 1. The summed E-state index contributed by atoms with van der Waals surface area (Å²) in [6, 6.07) is 2.93. The average Bonchev–Trinajstić information content (AvgIpc) is 2.73. The van der Waals surface area contributed by atoms with Crippen LogP contribution in [0.4, 0.5) is 5.82 Å². The predicted molar refractivity (Wildman–Crippen MR) is 129 cm³/mol. The van der Waals surface area contributed by atoms with Gasteiger partial charge in [0.05, 0.1) is 6.10 Å². The van der Waals surface area contributed by atoms with E-state index in [0.717, 1.165) is 68.7 Å². The maximum absolute atomic E-state index is 10.6. The van der Waals surface area contributed by atoms with Gasteiger partial charge in [0, 0.05) is 55.3 Å². The smallest absolute Gasteiger partial charge is 0.207 e. The molecular formula is C25H43N5O2. The van der Waals surface area contributed by atoms with Crippen LogP contribution in [0.5, 0.6) is 0 Å². The van der Waals surface area contributed by atoms with Crippen molar-refractivity contribution >= 4 is 12.2 Å². The molecule has 32 heavy (non-hydrogen) atoms. The van der Waals surface area contributed by atoms with Gasteiger partial charge in [-0.15, -0.1) is 0 Å². The quantitative estimate of drug-likeness (QED) is 0.599. The van der Waals surface area contributed by atoms with Gasteiger partial charge in [-0.1, -0.05) is 20.8 Å². The van der Waals surface area contributed by atoms with Crippen molar-refractivity contribution in [2.24, 2.45) is 5.92 Å². The van der Waals surface area contributed by atoms with Gasteiger partial charge < -0.3 is 15.3 Å². The number of piperazine rings is 1. The standard InChI is InChI=1S/C25H43N5O2/c1-18-16-30(23-15-22(14-19(2)32)27-24(28-23)25(3,4)5)13-12-29(18)11-10-20-6-8-21(9-7-20)26-17-31/h15,17-21,32H,6-14,16H2,1-5H3,(H,26,31). The summed E-state index contributed by atoms with van der Waals surface area (Å²) in [5.74, 6) is 2.62. The van der Waals surface area contributed by atoms with Crippen LogP contribution < -0.4 is 10.2 Å². The fourth-order valence-electron chi connectivity index (χ4n) is 4.99. The largest absolute Gasteiger partial charge is 0.393 e. The van der Waals surface area contributed by atoms with E-state index in [2.05, 4.69) is 48.9 Å². The van der Waals surface area contributed by atoms with Gasteiger partial charge >= 0.3 is 0 Å². The summed E-state index contributed by atoms with van der Waals surface area (Å²) in [5.41, 5.74) is 0.793. The minimum atomic E-state index is -0.411. The van der Waals surface area contributed by atoms with E-state index >= 15 is 0 Å². The lowest BCUT2D eigenvalue weighted by atomic mass is 9.84. The molecule has 1 aliphatic heterocycles. The Kier molecular flexibility index (Phi) is 8.50. The summed E-state index contributed by atoms with van der Waals surface area (Å²) >= 11 is 0. The van der Waals surface area contributed by atoms with Crippen LogP contribution in [0.1, 0.15) is 78.2 Å². The molecule has 7 nitrogen and oxygen atoms in total. The summed E-state index contributed by atoms with van der Waals surface area (Å²) in [4.78, 5) is 25.3. The first-order valence-electron chi connectivity index (χ1n) is 12.4. The van der Waals surface area contributed by atoms with E-state index < -0.39 is 6.10 Å². The van der Waals surface area contributed by atoms with Crippen molar-refractivity contribution in [2.45, 2.75) is 96.7 Å². The van der Waals surface area contributed by atoms with E-state index in [1.165, 1.54) is 19.3 Å². The molecule has 2 atom stereocenters. The molecule has 2 unspecified atom stereocenters. The van der Waals surface area contributed by atoms with Crippen LogP contribution in [0.3, 0.4) is 0 Å². The van der Waals surface area contributed by atoms with Crippen LogP contribution in [0.25, 0.3) is 0 Å². The molecule has 1 saturated heterocycles. The third-order valence-corrected chi connectivity index (χ3v) is 7.01. The second-order valence-corrected chi connectivity index (χ2v) is 11.0. The molecule has 2 N–H and O–H groups in total. The summed E-state index contributed by atoms with van der Waals surface area (Å²) in [5, 5.41) is 12.8. The molecule has 2 heterocycles. The average molecular weight is 446 g/mol. The number of aliphatic hydroxyl groups excluding tert-OH is 1. The molecule has 0 spiro atoms. The Balaban J connectivity index is 1.57. The Morgan fingerprint density at radius 3 is 2.53 bits per heavy atom. The monoisotopic (exact) mass is 445 g/mol. The SMILES string of the molecule is CC(O)Cc1cc(N2CCN(CCC3CCC(NC=O)CC3)C(C)C2)nc(C(C)(C)C)n1. The fraction of sp³-hybridized carbons (Fsp3) is 0.800. The van der Waals surface area contributed by atoms with E-state index in [0.29, 0.717) is 18.5 Å². The highest BCUT2D eigenvalue weighted by atomic mass is 16.3. The molecule has 0 bridgehead atoms. The third kappa shape index (κ3) is 6.88. The minimum absolute atomic E-state index is 0.128. The topological polar surface area (TPSA) is 81.6 Å². The van der Waals surface area contributed by atoms with Gasteiger partial charge in [-0.2, -0.15) is 0 Å². The highest BCUT2D eigenvalue weighted by molar-refractivity contribution is 5.46. The molecule has 1 aliphatic carbocycles. The lowest BCUT2D eigenvalue weighted by Crippen LogP contribution is -2.52. The van der Waals surface area contributed by atoms with Crippen LogP contribution in [-0.2, 0) is 16.6 Å². The zero-order valence-electron chi connectivity index (χ0n) is 20.7. The zero-order valence-corrected chi connectivity index (χ0v) is 20.7. The van der Waals surface area contributed by atoms with E-state index in [9.17, 15) is 9.90 Å². The molecule has 7 heteroatoms. The van der Waals surface area contributed by atoms with E-state index in [4.69, 9.17) is 9.97 Å². The van der Waals surface area contributed by atoms with E-state index in [1.54, 1.807) is 0 Å². The van der Waals surface area contributed by atoms with Crippen LogP contribution in [0.2, 0.25) is 0 Å². The third-order valence-electron chi connectivity index (χ3n) is 7.01. The Labute approximate surface area is 194 Å². The molecule has 2 fully saturated rings. The molecule has 2 aliphatic rings. The number of nitrogens with one attached hydrogen (secondary N) is 1. The molecular weight excluding hydrogens is 402 g/mol. The van der Waals surface area contributed by atoms with Gasteiger partial charge in [0.15, 0.2) is 0 Å². The Hall–Kier alpha value is -1.73. The molecule has 0 aromatic carbocycles. The lowest BCUT2D eigenvalue weighted by molar-refractivity contribution is -0.110. The van der Waals surface area contributed by atoms with Gasteiger partial charge in [-0.25, -0.2) is 9.97 Å². The Morgan fingerprint density at radius 1 is 1.22 bits per heavy atom. The Bertz CT molecular complexity index is 740. The zero-order chi connectivity index (χ0) is 23.3. The van der Waals surface area contributed by atoms with Crippen molar-refractivity contribution in [1.82, 2.24) is 20.2 Å². The van der Waals surface area contributed by atoms with Crippen molar-refractivity contribution in [1.29, 1.82) is 0 Å². The fourth-order valence-corrected chi connectivity index (χ4v) is 4.99. The summed E-state index contributed by atoms with van der Waals surface area (Å²) in [6.45, 7) is 14.7. The summed E-state index contributed by atoms with van der Waals surface area (Å²) in [6.07, 6.45) is 6.92. The first-order valence-corrected chi connectivity index (χ1v) is 12.4. The van der Waals surface area contributed by atoms with Gasteiger partial charge in [0.25, 0.3) is 0 Å². The van der Waals surface area contributed by atoms with Crippen molar-refractivity contribution in [3.05, 3.63) is 17.6 Å². The molecule has 0 radical (unpaired) electrons. The normalized spacial score (nSPS) is 26.1. The van der Waals surface area contributed by atoms with E-state index in [1.807, 2.05) is 6.92 Å². The second kappa shape index (κ2) is 10.9. The summed E-state index contributed by atoms with van der Waals surface area (Å²) in [7, 11) is 0. The molecule has 1 amide bonds. The molecule has 1 aromatic rings.